The Morgan fingerprint density at radius 2 is 1.68 bits per heavy atom. The van der Waals surface area contributed by atoms with E-state index >= 15 is 0 Å². The van der Waals surface area contributed by atoms with E-state index in [4.69, 9.17) is 14.7 Å². The van der Waals surface area contributed by atoms with Gasteiger partial charge in [-0.2, -0.15) is 5.26 Å². The van der Waals surface area contributed by atoms with Gasteiger partial charge in [-0.15, -0.1) is 0 Å². The van der Waals surface area contributed by atoms with Crippen LogP contribution < -0.4 is 14.8 Å². The van der Waals surface area contributed by atoms with E-state index in [2.05, 4.69) is 11.4 Å². The molecule has 0 saturated carbocycles. The number of nitrogens with zero attached hydrogens (tertiary/aromatic N) is 1. The molecule has 0 aliphatic rings. The van der Waals surface area contributed by atoms with Crippen molar-refractivity contribution in [2.45, 2.75) is 6.10 Å². The maximum Gasteiger partial charge on any atom is 0.122 e. The molecule has 2 aromatic rings. The minimum atomic E-state index is -0.709. The van der Waals surface area contributed by atoms with Crippen molar-refractivity contribution >= 4 is 5.69 Å². The first kappa shape index (κ1) is 15.7. The van der Waals surface area contributed by atoms with Gasteiger partial charge in [0.1, 0.15) is 11.5 Å². The van der Waals surface area contributed by atoms with Crippen LogP contribution >= 0.6 is 0 Å². The topological polar surface area (TPSA) is 74.5 Å². The van der Waals surface area contributed by atoms with Crippen LogP contribution in [-0.2, 0) is 0 Å². The third-order valence-electron chi connectivity index (χ3n) is 3.27. The summed E-state index contributed by atoms with van der Waals surface area (Å²) >= 11 is 0. The highest BCUT2D eigenvalue weighted by Crippen LogP contribution is 2.26. The van der Waals surface area contributed by atoms with Crippen LogP contribution in [0.5, 0.6) is 11.5 Å². The van der Waals surface area contributed by atoms with E-state index < -0.39 is 6.10 Å². The number of nitrogens with one attached hydrogen (secondary N) is 1. The summed E-state index contributed by atoms with van der Waals surface area (Å²) < 4.78 is 10.4. The van der Waals surface area contributed by atoms with E-state index in [1.807, 2.05) is 0 Å². The normalized spacial score (nSPS) is 11.4. The van der Waals surface area contributed by atoms with Gasteiger partial charge in [-0.1, -0.05) is 0 Å². The molecule has 2 rings (SSSR count). The van der Waals surface area contributed by atoms with Gasteiger partial charge >= 0.3 is 0 Å². The Bertz CT molecular complexity index is 640. The molecule has 114 valence electrons. The summed E-state index contributed by atoms with van der Waals surface area (Å²) in [4.78, 5) is 0. The van der Waals surface area contributed by atoms with Crippen molar-refractivity contribution in [3.8, 4) is 17.6 Å². The van der Waals surface area contributed by atoms with Crippen LogP contribution in [0.3, 0.4) is 0 Å². The van der Waals surface area contributed by atoms with Gasteiger partial charge in [0.25, 0.3) is 0 Å². The van der Waals surface area contributed by atoms with Crippen LogP contribution in [0.15, 0.2) is 42.5 Å². The Balaban J connectivity index is 2.05. The molecule has 0 aliphatic carbocycles. The van der Waals surface area contributed by atoms with Gasteiger partial charge in [-0.25, -0.2) is 0 Å². The van der Waals surface area contributed by atoms with Crippen molar-refractivity contribution < 1.29 is 14.6 Å². The van der Waals surface area contributed by atoms with Crippen molar-refractivity contribution in [1.82, 2.24) is 0 Å². The van der Waals surface area contributed by atoms with Crippen LogP contribution in [0.2, 0.25) is 0 Å². The Morgan fingerprint density at radius 3 is 2.18 bits per heavy atom. The van der Waals surface area contributed by atoms with Gasteiger partial charge in [0.05, 0.1) is 32.0 Å². The molecule has 0 spiro atoms. The predicted octanol–water partition coefficient (Wildman–Crippen LogP) is 2.72. The second kappa shape index (κ2) is 7.34. The molecule has 0 unspecified atom stereocenters. The molecule has 0 radical (unpaired) electrons. The zero-order valence-electron chi connectivity index (χ0n) is 12.5. The second-order valence-corrected chi connectivity index (χ2v) is 4.73. The quantitative estimate of drug-likeness (QED) is 0.857. The lowest BCUT2D eigenvalue weighted by Crippen LogP contribution is -2.12. The zero-order valence-corrected chi connectivity index (χ0v) is 12.5. The average Bonchev–Trinajstić information content (AvgIpc) is 2.59. The van der Waals surface area contributed by atoms with Gasteiger partial charge < -0.3 is 19.9 Å². The van der Waals surface area contributed by atoms with Crippen LogP contribution in [0, 0.1) is 11.3 Å². The molecule has 22 heavy (non-hydrogen) atoms. The van der Waals surface area contributed by atoms with E-state index in [-0.39, 0.29) is 0 Å². The number of benzene rings is 2. The van der Waals surface area contributed by atoms with Gasteiger partial charge in [0.15, 0.2) is 0 Å². The molecule has 2 N–H and O–H groups in total. The maximum atomic E-state index is 10.3. The molecule has 0 aliphatic heterocycles. The number of rotatable bonds is 6. The lowest BCUT2D eigenvalue weighted by Gasteiger charge is -2.15. The van der Waals surface area contributed by atoms with Crippen LogP contribution in [-0.4, -0.2) is 25.9 Å². The van der Waals surface area contributed by atoms with Gasteiger partial charge in [0, 0.05) is 18.3 Å². The SMILES string of the molecule is COc1cc(OC)cc([C@@H](O)CNc2ccc(C#N)cc2)c1. The summed E-state index contributed by atoms with van der Waals surface area (Å²) in [5, 5.41) is 22.2. The van der Waals surface area contributed by atoms with Crippen LogP contribution in [0.25, 0.3) is 0 Å². The second-order valence-electron chi connectivity index (χ2n) is 4.73. The van der Waals surface area contributed by atoms with E-state index in [1.165, 1.54) is 0 Å². The lowest BCUT2D eigenvalue weighted by atomic mass is 10.1. The molecule has 0 bridgehead atoms. The molecule has 0 saturated heterocycles. The van der Waals surface area contributed by atoms with E-state index in [0.717, 1.165) is 5.69 Å². The largest absolute Gasteiger partial charge is 0.497 e. The molecule has 2 aromatic carbocycles. The summed E-state index contributed by atoms with van der Waals surface area (Å²) in [6.45, 7) is 0.336. The highest BCUT2D eigenvalue weighted by molar-refractivity contribution is 5.47. The maximum absolute atomic E-state index is 10.3. The number of aliphatic hydroxyl groups is 1. The first-order valence-corrected chi connectivity index (χ1v) is 6.81. The first-order chi connectivity index (χ1) is 10.7. The number of nitriles is 1. The van der Waals surface area contributed by atoms with Crippen molar-refractivity contribution in [2.75, 3.05) is 26.1 Å². The van der Waals surface area contributed by atoms with E-state index in [1.54, 1.807) is 56.7 Å². The fourth-order valence-electron chi connectivity index (χ4n) is 2.02. The summed E-state index contributed by atoms with van der Waals surface area (Å²) in [6.07, 6.45) is -0.709. The zero-order chi connectivity index (χ0) is 15.9. The van der Waals surface area contributed by atoms with Crippen LogP contribution in [0.1, 0.15) is 17.2 Å². The number of ether oxygens (including phenoxy) is 2. The molecular formula is C17H18N2O3. The van der Waals surface area contributed by atoms with E-state index in [0.29, 0.717) is 29.2 Å². The third kappa shape index (κ3) is 3.90. The Kier molecular flexibility index (Phi) is 5.23. The van der Waals surface area contributed by atoms with Crippen molar-refractivity contribution in [3.63, 3.8) is 0 Å². The molecule has 1 atom stereocenters. The Labute approximate surface area is 129 Å². The fraction of sp³-hybridized carbons (Fsp3) is 0.235. The molecule has 0 amide bonds. The molecule has 5 heteroatoms. The number of methoxy groups -OCH3 is 2. The minimum Gasteiger partial charge on any atom is -0.497 e. The van der Waals surface area contributed by atoms with Gasteiger partial charge in [-0.3, -0.25) is 0 Å². The summed E-state index contributed by atoms with van der Waals surface area (Å²) in [5.41, 5.74) is 2.15. The molecule has 0 fully saturated rings. The lowest BCUT2D eigenvalue weighted by molar-refractivity contribution is 0.190. The average molecular weight is 298 g/mol. The van der Waals surface area contributed by atoms with E-state index in [9.17, 15) is 5.11 Å². The van der Waals surface area contributed by atoms with Crippen molar-refractivity contribution in [2.24, 2.45) is 0 Å². The highest BCUT2D eigenvalue weighted by atomic mass is 16.5. The van der Waals surface area contributed by atoms with Crippen molar-refractivity contribution in [1.29, 1.82) is 5.26 Å². The number of aliphatic hydroxyl groups excluding tert-OH is 1. The monoisotopic (exact) mass is 298 g/mol. The van der Waals surface area contributed by atoms with Gasteiger partial charge in [0.2, 0.25) is 0 Å². The third-order valence-corrected chi connectivity index (χ3v) is 3.27. The molecular weight excluding hydrogens is 280 g/mol. The summed E-state index contributed by atoms with van der Waals surface area (Å²) in [7, 11) is 3.14. The standard InChI is InChI=1S/C17H18N2O3/c1-21-15-7-13(8-16(9-15)22-2)17(20)11-19-14-5-3-12(10-18)4-6-14/h3-9,17,19-20H,11H2,1-2H3/t17-/m0/s1. The molecule has 0 heterocycles. The Hall–Kier alpha value is -2.71. The fourth-order valence-corrected chi connectivity index (χ4v) is 2.02. The molecule has 5 nitrogen and oxygen atoms in total. The predicted molar refractivity (Wildman–Crippen MR) is 84.2 cm³/mol. The van der Waals surface area contributed by atoms with Gasteiger partial charge in [-0.05, 0) is 42.0 Å². The first-order valence-electron chi connectivity index (χ1n) is 6.81. The Morgan fingerprint density at radius 1 is 1.09 bits per heavy atom. The number of hydrogen-bond donors (Lipinski definition) is 2. The summed E-state index contributed by atoms with van der Waals surface area (Å²) in [6, 6.07) is 14.4. The highest BCUT2D eigenvalue weighted by Gasteiger charge is 2.11. The smallest absolute Gasteiger partial charge is 0.122 e. The van der Waals surface area contributed by atoms with Crippen LogP contribution in [0.4, 0.5) is 5.69 Å². The number of hydrogen-bond acceptors (Lipinski definition) is 5. The minimum absolute atomic E-state index is 0.336. The van der Waals surface area contributed by atoms with Crippen molar-refractivity contribution in [3.05, 3.63) is 53.6 Å². The summed E-state index contributed by atoms with van der Waals surface area (Å²) in [5.74, 6) is 1.26. The number of anilines is 1. The molecule has 0 aromatic heterocycles.